The van der Waals surface area contributed by atoms with E-state index in [9.17, 15) is 18.3 Å². The number of nitrogens with two attached hydrogens (primary N) is 1. The number of carbonyl (C=O) groups excluding carboxylic acids is 1. The Kier molecular flexibility index (Phi) is 4.67. The Morgan fingerprint density at radius 3 is 2.52 bits per heavy atom. The smallest absolute Gasteiger partial charge is 0.238 e. The number of rotatable bonds is 4. The van der Waals surface area contributed by atoms with Crippen molar-refractivity contribution >= 4 is 15.9 Å². The Morgan fingerprint density at radius 2 is 2.00 bits per heavy atom. The fraction of sp³-hybridized carbons (Fsp3) is 0.200. The average Bonchev–Trinajstić information content (AvgIpc) is 2.46. The second kappa shape index (κ2) is 6.35. The number of aromatic nitrogens is 1. The van der Waals surface area contributed by atoms with Gasteiger partial charge in [-0.25, -0.2) is 13.6 Å². The third-order valence-corrected chi connectivity index (χ3v) is 4.19. The Hall–Kier alpha value is -2.45. The van der Waals surface area contributed by atoms with Gasteiger partial charge in [0.25, 0.3) is 0 Å². The summed E-state index contributed by atoms with van der Waals surface area (Å²) in [7, 11) is -2.24. The van der Waals surface area contributed by atoms with Crippen LogP contribution in [0.4, 0.5) is 0 Å². The van der Waals surface area contributed by atoms with Crippen molar-refractivity contribution in [3.05, 3.63) is 42.1 Å². The Morgan fingerprint density at radius 1 is 1.30 bits per heavy atom. The molecule has 7 nitrogen and oxygen atoms in total. The van der Waals surface area contributed by atoms with Crippen LogP contribution in [0.3, 0.4) is 0 Å². The summed E-state index contributed by atoms with van der Waals surface area (Å²) in [4.78, 5) is 16.8. The van der Waals surface area contributed by atoms with Gasteiger partial charge in [0.15, 0.2) is 0 Å². The Labute approximate surface area is 134 Å². The van der Waals surface area contributed by atoms with Gasteiger partial charge in [0.05, 0.1) is 10.6 Å². The van der Waals surface area contributed by atoms with Crippen LogP contribution in [0.15, 0.2) is 41.4 Å². The molecule has 1 aromatic carbocycles. The SMILES string of the molecule is CC(=O)N(C)Cc1ccc(-c2cc(O)cc(S(N)(=O)=O)c2)nc1. The first kappa shape index (κ1) is 16.9. The van der Waals surface area contributed by atoms with Crippen LogP contribution in [0, 0.1) is 0 Å². The monoisotopic (exact) mass is 335 g/mol. The molecule has 3 N–H and O–H groups in total. The van der Waals surface area contributed by atoms with Crippen molar-refractivity contribution in [1.82, 2.24) is 9.88 Å². The average molecular weight is 335 g/mol. The van der Waals surface area contributed by atoms with Gasteiger partial charge in [-0.05, 0) is 29.8 Å². The maximum absolute atomic E-state index is 11.4. The number of amides is 1. The topological polar surface area (TPSA) is 114 Å². The van der Waals surface area contributed by atoms with Crippen molar-refractivity contribution in [2.24, 2.45) is 5.14 Å². The van der Waals surface area contributed by atoms with Crippen molar-refractivity contribution < 1.29 is 18.3 Å². The summed E-state index contributed by atoms with van der Waals surface area (Å²) < 4.78 is 22.8. The normalized spacial score (nSPS) is 11.3. The first-order chi connectivity index (χ1) is 10.7. The summed E-state index contributed by atoms with van der Waals surface area (Å²) >= 11 is 0. The predicted octanol–water partition coefficient (Wildman–Crippen LogP) is 1.08. The van der Waals surface area contributed by atoms with Crippen LogP contribution in [0.25, 0.3) is 11.3 Å². The van der Waals surface area contributed by atoms with Crippen LogP contribution in [0.1, 0.15) is 12.5 Å². The van der Waals surface area contributed by atoms with E-state index in [1.54, 1.807) is 30.3 Å². The number of carbonyl (C=O) groups is 1. The number of hydrogen-bond donors (Lipinski definition) is 2. The van der Waals surface area contributed by atoms with E-state index in [0.29, 0.717) is 17.8 Å². The van der Waals surface area contributed by atoms with Crippen molar-refractivity contribution in [3.63, 3.8) is 0 Å². The van der Waals surface area contributed by atoms with Crippen molar-refractivity contribution in [2.45, 2.75) is 18.4 Å². The quantitative estimate of drug-likeness (QED) is 0.868. The molecule has 0 aliphatic heterocycles. The number of phenols is 1. The van der Waals surface area contributed by atoms with Gasteiger partial charge in [0.2, 0.25) is 15.9 Å². The highest BCUT2D eigenvalue weighted by molar-refractivity contribution is 7.89. The van der Waals surface area contributed by atoms with E-state index in [0.717, 1.165) is 11.6 Å². The zero-order valence-electron chi connectivity index (χ0n) is 12.7. The number of primary sulfonamides is 1. The first-order valence-electron chi connectivity index (χ1n) is 6.70. The van der Waals surface area contributed by atoms with Gasteiger partial charge in [-0.2, -0.15) is 0 Å². The number of sulfonamides is 1. The molecule has 23 heavy (non-hydrogen) atoms. The lowest BCUT2D eigenvalue weighted by atomic mass is 10.1. The van der Waals surface area contributed by atoms with Crippen LogP contribution in [-0.4, -0.2) is 36.4 Å². The third kappa shape index (κ3) is 4.27. The minimum absolute atomic E-state index is 0.0557. The highest BCUT2D eigenvalue weighted by atomic mass is 32.2. The molecule has 0 radical (unpaired) electrons. The molecule has 0 saturated heterocycles. The van der Waals surface area contributed by atoms with E-state index < -0.39 is 10.0 Å². The van der Waals surface area contributed by atoms with Crippen LogP contribution in [-0.2, 0) is 21.4 Å². The molecule has 0 atom stereocenters. The summed E-state index contributed by atoms with van der Waals surface area (Å²) in [6, 6.07) is 7.29. The van der Waals surface area contributed by atoms with E-state index in [-0.39, 0.29) is 16.6 Å². The molecular formula is C15H17N3O4S. The zero-order valence-corrected chi connectivity index (χ0v) is 13.5. The molecule has 0 aliphatic carbocycles. The summed E-state index contributed by atoms with van der Waals surface area (Å²) in [5.41, 5.74) is 1.75. The number of nitrogens with zero attached hydrogens (tertiary/aromatic N) is 2. The van der Waals surface area contributed by atoms with Crippen LogP contribution >= 0.6 is 0 Å². The van der Waals surface area contributed by atoms with Crippen molar-refractivity contribution in [2.75, 3.05) is 7.05 Å². The molecule has 2 aromatic rings. The largest absolute Gasteiger partial charge is 0.508 e. The van der Waals surface area contributed by atoms with Gasteiger partial charge in [-0.3, -0.25) is 9.78 Å². The summed E-state index contributed by atoms with van der Waals surface area (Å²) in [6.45, 7) is 1.90. The fourth-order valence-corrected chi connectivity index (χ4v) is 2.55. The molecule has 1 amide bonds. The van der Waals surface area contributed by atoms with Crippen LogP contribution < -0.4 is 5.14 Å². The minimum atomic E-state index is -3.92. The van der Waals surface area contributed by atoms with Gasteiger partial charge >= 0.3 is 0 Å². The molecule has 0 bridgehead atoms. The maximum Gasteiger partial charge on any atom is 0.238 e. The van der Waals surface area contributed by atoms with Gasteiger partial charge in [-0.15, -0.1) is 0 Å². The predicted molar refractivity (Wildman–Crippen MR) is 84.9 cm³/mol. The fourth-order valence-electron chi connectivity index (χ4n) is 1.97. The summed E-state index contributed by atoms with van der Waals surface area (Å²) in [6.07, 6.45) is 1.59. The van der Waals surface area contributed by atoms with E-state index >= 15 is 0 Å². The first-order valence-corrected chi connectivity index (χ1v) is 8.25. The molecule has 2 rings (SSSR count). The second-order valence-electron chi connectivity index (χ2n) is 5.19. The van der Waals surface area contributed by atoms with Crippen molar-refractivity contribution in [1.29, 1.82) is 0 Å². The van der Waals surface area contributed by atoms with Gasteiger partial charge < -0.3 is 10.0 Å². The van der Waals surface area contributed by atoms with Gasteiger partial charge in [0, 0.05) is 32.3 Å². The molecular weight excluding hydrogens is 318 g/mol. The standard InChI is InChI=1S/C15H17N3O4S/c1-10(19)18(2)9-11-3-4-15(17-8-11)12-5-13(20)7-14(6-12)23(16,21)22/h3-8,20H,9H2,1-2H3,(H2,16,21,22). The molecule has 0 saturated carbocycles. The van der Waals surface area contributed by atoms with E-state index in [4.69, 9.17) is 5.14 Å². The number of phenolic OH excluding ortho intramolecular Hbond substituents is 1. The Bertz CT molecular complexity index is 832. The zero-order chi connectivity index (χ0) is 17.2. The van der Waals surface area contributed by atoms with Crippen LogP contribution in [0.5, 0.6) is 5.75 Å². The highest BCUT2D eigenvalue weighted by Gasteiger charge is 2.12. The molecule has 0 spiro atoms. The lowest BCUT2D eigenvalue weighted by molar-refractivity contribution is -0.128. The summed E-state index contributed by atoms with van der Waals surface area (Å²) in [5, 5.41) is 14.7. The number of pyridine rings is 1. The van der Waals surface area contributed by atoms with E-state index in [2.05, 4.69) is 4.98 Å². The van der Waals surface area contributed by atoms with Crippen molar-refractivity contribution in [3.8, 4) is 17.0 Å². The van der Waals surface area contributed by atoms with Gasteiger partial charge in [-0.1, -0.05) is 6.07 Å². The third-order valence-electron chi connectivity index (χ3n) is 3.30. The lowest BCUT2D eigenvalue weighted by Gasteiger charge is -2.14. The molecule has 1 heterocycles. The number of aromatic hydroxyl groups is 1. The molecule has 0 unspecified atom stereocenters. The Balaban J connectivity index is 2.33. The van der Waals surface area contributed by atoms with Crippen LogP contribution in [0.2, 0.25) is 0 Å². The molecule has 0 aliphatic rings. The molecule has 122 valence electrons. The van der Waals surface area contributed by atoms with E-state index in [1.807, 2.05) is 0 Å². The molecule has 8 heteroatoms. The van der Waals surface area contributed by atoms with Gasteiger partial charge in [0.1, 0.15) is 5.75 Å². The maximum atomic E-state index is 11.4. The highest BCUT2D eigenvalue weighted by Crippen LogP contribution is 2.26. The summed E-state index contributed by atoms with van der Waals surface area (Å²) in [5.74, 6) is -0.270. The van der Waals surface area contributed by atoms with E-state index in [1.165, 1.54) is 19.1 Å². The minimum Gasteiger partial charge on any atom is -0.508 e. The number of hydrogen-bond acceptors (Lipinski definition) is 5. The molecule has 1 aromatic heterocycles. The number of benzene rings is 1. The molecule has 0 fully saturated rings. The lowest BCUT2D eigenvalue weighted by Crippen LogP contribution is -2.23. The second-order valence-corrected chi connectivity index (χ2v) is 6.75.